The maximum absolute atomic E-state index is 12.0. The lowest BCUT2D eigenvalue weighted by molar-refractivity contribution is 0.0660. The van der Waals surface area contributed by atoms with Gasteiger partial charge in [-0.2, -0.15) is 0 Å². The molecule has 18 heavy (non-hydrogen) atoms. The first-order valence-electron chi connectivity index (χ1n) is 5.92. The summed E-state index contributed by atoms with van der Waals surface area (Å²) < 4.78 is 0. The topological polar surface area (TPSA) is 65.5 Å². The lowest BCUT2D eigenvalue weighted by atomic mass is 10.3. The molecule has 0 saturated carbocycles. The van der Waals surface area contributed by atoms with Crippen molar-refractivity contribution < 1.29 is 9.59 Å². The molecular formula is C11H16N4O2S. The van der Waals surface area contributed by atoms with E-state index in [1.807, 2.05) is 6.92 Å². The monoisotopic (exact) mass is 268 g/mol. The summed E-state index contributed by atoms with van der Waals surface area (Å²) in [7, 11) is 0. The van der Waals surface area contributed by atoms with Crippen molar-refractivity contribution in [3.05, 3.63) is 16.6 Å². The number of carbonyl (C=O) groups excluding carboxylic acids is 2. The van der Waals surface area contributed by atoms with Crippen LogP contribution in [0.4, 0.5) is 4.79 Å². The number of hydrogen-bond donors (Lipinski definition) is 1. The fraction of sp³-hybridized carbons (Fsp3) is 0.545. The van der Waals surface area contributed by atoms with Crippen LogP contribution in [0.1, 0.15) is 17.4 Å². The second kappa shape index (κ2) is 5.81. The molecule has 2 heterocycles. The molecule has 0 atom stereocenters. The van der Waals surface area contributed by atoms with Gasteiger partial charge in [-0.15, -0.1) is 11.3 Å². The molecule has 0 bridgehead atoms. The van der Waals surface area contributed by atoms with E-state index >= 15 is 0 Å². The first kappa shape index (κ1) is 12.8. The van der Waals surface area contributed by atoms with Gasteiger partial charge in [0.05, 0.1) is 5.51 Å². The number of amides is 3. The van der Waals surface area contributed by atoms with Gasteiger partial charge in [-0.1, -0.05) is 0 Å². The Morgan fingerprint density at radius 2 is 2.00 bits per heavy atom. The zero-order valence-electron chi connectivity index (χ0n) is 10.3. The van der Waals surface area contributed by atoms with E-state index in [1.54, 1.807) is 20.7 Å². The molecule has 3 amide bonds. The van der Waals surface area contributed by atoms with Crippen molar-refractivity contribution in [2.24, 2.45) is 0 Å². The smallest absolute Gasteiger partial charge is 0.317 e. The van der Waals surface area contributed by atoms with Crippen LogP contribution in [0.2, 0.25) is 0 Å². The molecule has 2 rings (SSSR count). The predicted octanol–water partition coefficient (Wildman–Crippen LogP) is 0.630. The van der Waals surface area contributed by atoms with Crippen molar-refractivity contribution >= 4 is 23.3 Å². The van der Waals surface area contributed by atoms with Gasteiger partial charge in [0.2, 0.25) is 0 Å². The summed E-state index contributed by atoms with van der Waals surface area (Å²) in [6.07, 6.45) is 0. The highest BCUT2D eigenvalue weighted by Gasteiger charge is 2.25. The Morgan fingerprint density at radius 1 is 1.33 bits per heavy atom. The molecule has 1 aromatic rings. The maximum atomic E-state index is 12.0. The van der Waals surface area contributed by atoms with Crippen LogP contribution < -0.4 is 5.32 Å². The third-order valence-electron chi connectivity index (χ3n) is 2.83. The van der Waals surface area contributed by atoms with Gasteiger partial charge in [-0.3, -0.25) is 4.79 Å². The summed E-state index contributed by atoms with van der Waals surface area (Å²) in [4.78, 5) is 31.1. The summed E-state index contributed by atoms with van der Waals surface area (Å²) >= 11 is 1.41. The van der Waals surface area contributed by atoms with Crippen molar-refractivity contribution in [2.75, 3.05) is 32.7 Å². The Labute approximate surface area is 110 Å². The number of nitrogens with one attached hydrogen (secondary N) is 1. The highest BCUT2D eigenvalue weighted by atomic mass is 32.1. The lowest BCUT2D eigenvalue weighted by Gasteiger charge is -2.34. The average Bonchev–Trinajstić information content (AvgIpc) is 2.92. The predicted molar refractivity (Wildman–Crippen MR) is 68.7 cm³/mol. The molecule has 0 aromatic carbocycles. The first-order chi connectivity index (χ1) is 8.72. The van der Waals surface area contributed by atoms with E-state index in [-0.39, 0.29) is 11.9 Å². The molecule has 1 N–H and O–H groups in total. The Balaban J connectivity index is 1.87. The minimum Gasteiger partial charge on any atom is -0.338 e. The van der Waals surface area contributed by atoms with Crippen LogP contribution in [0.25, 0.3) is 0 Å². The van der Waals surface area contributed by atoms with E-state index in [0.29, 0.717) is 38.4 Å². The van der Waals surface area contributed by atoms with Crippen molar-refractivity contribution in [1.29, 1.82) is 0 Å². The van der Waals surface area contributed by atoms with E-state index in [1.165, 1.54) is 11.3 Å². The quantitative estimate of drug-likeness (QED) is 0.855. The van der Waals surface area contributed by atoms with E-state index in [2.05, 4.69) is 10.3 Å². The number of nitrogens with zero attached hydrogens (tertiary/aromatic N) is 3. The number of rotatable bonds is 2. The number of urea groups is 1. The standard InChI is InChI=1S/C11H16N4O2S/c1-2-12-11(17)15-5-3-14(4-6-15)10(16)9-7-18-8-13-9/h7-8H,2-6H2,1H3,(H,12,17). The van der Waals surface area contributed by atoms with Gasteiger partial charge in [0.1, 0.15) is 5.69 Å². The summed E-state index contributed by atoms with van der Waals surface area (Å²) in [5, 5.41) is 4.51. The molecule has 1 saturated heterocycles. The average molecular weight is 268 g/mol. The second-order valence-electron chi connectivity index (χ2n) is 3.99. The van der Waals surface area contributed by atoms with Gasteiger partial charge in [-0.05, 0) is 6.92 Å². The van der Waals surface area contributed by atoms with Crippen molar-refractivity contribution in [3.8, 4) is 0 Å². The molecule has 0 unspecified atom stereocenters. The molecular weight excluding hydrogens is 252 g/mol. The van der Waals surface area contributed by atoms with E-state index < -0.39 is 0 Å². The number of carbonyl (C=O) groups is 2. The second-order valence-corrected chi connectivity index (χ2v) is 4.71. The number of aromatic nitrogens is 1. The Bertz CT molecular complexity index is 413. The van der Waals surface area contributed by atoms with Crippen molar-refractivity contribution in [3.63, 3.8) is 0 Å². The van der Waals surface area contributed by atoms with Gasteiger partial charge in [0.25, 0.3) is 5.91 Å². The summed E-state index contributed by atoms with van der Waals surface area (Å²) in [5.74, 6) is -0.0493. The Hall–Kier alpha value is -1.63. The number of hydrogen-bond acceptors (Lipinski definition) is 4. The summed E-state index contributed by atoms with van der Waals surface area (Å²) in [5.41, 5.74) is 2.14. The molecule has 7 heteroatoms. The fourth-order valence-electron chi connectivity index (χ4n) is 1.86. The van der Waals surface area contributed by atoms with Gasteiger partial charge >= 0.3 is 6.03 Å². The van der Waals surface area contributed by atoms with Crippen molar-refractivity contribution in [2.45, 2.75) is 6.92 Å². The van der Waals surface area contributed by atoms with Crippen LogP contribution in [-0.2, 0) is 0 Å². The third-order valence-corrected chi connectivity index (χ3v) is 3.42. The normalized spacial score (nSPS) is 15.6. The summed E-state index contributed by atoms with van der Waals surface area (Å²) in [6.45, 7) is 4.78. The SMILES string of the molecule is CCNC(=O)N1CCN(C(=O)c2cscn2)CC1. The van der Waals surface area contributed by atoms with Crippen LogP contribution >= 0.6 is 11.3 Å². The highest BCUT2D eigenvalue weighted by molar-refractivity contribution is 7.07. The minimum atomic E-state index is -0.0572. The first-order valence-corrected chi connectivity index (χ1v) is 6.87. The van der Waals surface area contributed by atoms with Gasteiger partial charge in [-0.25, -0.2) is 9.78 Å². The summed E-state index contributed by atoms with van der Waals surface area (Å²) in [6, 6.07) is -0.0572. The number of thiazole rings is 1. The molecule has 1 fully saturated rings. The molecule has 6 nitrogen and oxygen atoms in total. The van der Waals surface area contributed by atoms with Crippen LogP contribution in [0.5, 0.6) is 0 Å². The Kier molecular flexibility index (Phi) is 4.14. The minimum absolute atomic E-state index is 0.0493. The molecule has 1 aromatic heterocycles. The third kappa shape index (κ3) is 2.79. The van der Waals surface area contributed by atoms with E-state index in [4.69, 9.17) is 0 Å². The lowest BCUT2D eigenvalue weighted by Crippen LogP contribution is -2.53. The molecule has 0 spiro atoms. The molecule has 98 valence electrons. The molecule has 1 aliphatic rings. The van der Waals surface area contributed by atoms with Crippen LogP contribution in [-0.4, -0.2) is 59.4 Å². The molecule has 0 aliphatic carbocycles. The van der Waals surface area contributed by atoms with Gasteiger partial charge in [0.15, 0.2) is 0 Å². The van der Waals surface area contributed by atoms with E-state index in [0.717, 1.165) is 0 Å². The molecule has 0 radical (unpaired) electrons. The van der Waals surface area contributed by atoms with Crippen LogP contribution in [0.3, 0.4) is 0 Å². The van der Waals surface area contributed by atoms with Crippen LogP contribution in [0.15, 0.2) is 10.9 Å². The zero-order valence-corrected chi connectivity index (χ0v) is 11.1. The molecule has 1 aliphatic heterocycles. The zero-order chi connectivity index (χ0) is 13.0. The fourth-order valence-corrected chi connectivity index (χ4v) is 2.38. The number of piperazine rings is 1. The van der Waals surface area contributed by atoms with Crippen molar-refractivity contribution in [1.82, 2.24) is 20.1 Å². The van der Waals surface area contributed by atoms with E-state index in [9.17, 15) is 9.59 Å². The van der Waals surface area contributed by atoms with Crippen LogP contribution in [0, 0.1) is 0 Å². The largest absolute Gasteiger partial charge is 0.338 e. The van der Waals surface area contributed by atoms with Gasteiger partial charge < -0.3 is 15.1 Å². The Morgan fingerprint density at radius 3 is 2.56 bits per heavy atom. The maximum Gasteiger partial charge on any atom is 0.317 e. The highest BCUT2D eigenvalue weighted by Crippen LogP contribution is 2.09. The van der Waals surface area contributed by atoms with Gasteiger partial charge in [0, 0.05) is 38.1 Å².